The fourth-order valence-electron chi connectivity index (χ4n) is 2.16. The van der Waals surface area contributed by atoms with Gasteiger partial charge in [0.25, 0.3) is 0 Å². The summed E-state index contributed by atoms with van der Waals surface area (Å²) in [4.78, 5) is 2.50. The van der Waals surface area contributed by atoms with E-state index >= 15 is 0 Å². The third kappa shape index (κ3) is 2.93. The van der Waals surface area contributed by atoms with Crippen LogP contribution < -0.4 is 0 Å². The van der Waals surface area contributed by atoms with Gasteiger partial charge in [-0.1, -0.05) is 17.7 Å². The molecule has 0 saturated carbocycles. The molecule has 3 nitrogen and oxygen atoms in total. The Labute approximate surface area is 109 Å². The molecule has 1 saturated heterocycles. The number of aryl methyl sites for hydroxylation is 1. The first-order valence-corrected chi connectivity index (χ1v) is 7.79. The van der Waals surface area contributed by atoms with E-state index in [9.17, 15) is 8.42 Å². The summed E-state index contributed by atoms with van der Waals surface area (Å²) in [6, 6.07) is 6.98. The molecule has 98 valence electrons. The monoisotopic (exact) mass is 265 g/mol. The van der Waals surface area contributed by atoms with Crippen molar-refractivity contribution in [3.05, 3.63) is 40.9 Å². The molecule has 1 fully saturated rings. The van der Waals surface area contributed by atoms with E-state index in [0.717, 1.165) is 37.2 Å². The highest BCUT2D eigenvalue weighted by atomic mass is 32.2. The Bertz CT molecular complexity index is 538. The van der Waals surface area contributed by atoms with Crippen molar-refractivity contribution >= 4 is 9.84 Å². The summed E-state index contributed by atoms with van der Waals surface area (Å²) >= 11 is 0. The average molecular weight is 265 g/mol. The molecule has 1 aliphatic heterocycles. The Balaban J connectivity index is 2.25. The van der Waals surface area contributed by atoms with Gasteiger partial charge in [0.2, 0.25) is 9.84 Å². The van der Waals surface area contributed by atoms with Crippen molar-refractivity contribution in [2.24, 2.45) is 0 Å². The molecule has 1 aromatic carbocycles. The Morgan fingerprint density at radius 2 is 1.72 bits per heavy atom. The molecule has 0 aliphatic carbocycles. The van der Waals surface area contributed by atoms with Gasteiger partial charge >= 0.3 is 0 Å². The van der Waals surface area contributed by atoms with Crippen molar-refractivity contribution in [1.29, 1.82) is 0 Å². The summed E-state index contributed by atoms with van der Waals surface area (Å²) in [5.74, 6) is 0. The van der Waals surface area contributed by atoms with E-state index in [2.05, 4.69) is 4.90 Å². The van der Waals surface area contributed by atoms with E-state index < -0.39 is 9.84 Å². The van der Waals surface area contributed by atoms with E-state index in [1.165, 1.54) is 5.41 Å². The standard InChI is InChI=1S/C14H19NO2S/c1-12-5-7-14(8-6-12)18(16,17)11-13(2)15-9-3-4-10-15/h5-8,11H,3-4,9-10H2,1-2H3. The zero-order valence-corrected chi connectivity index (χ0v) is 11.7. The molecule has 0 N–H and O–H groups in total. The second-order valence-electron chi connectivity index (χ2n) is 4.81. The first kappa shape index (κ1) is 13.1. The molecule has 18 heavy (non-hydrogen) atoms. The van der Waals surface area contributed by atoms with E-state index in [4.69, 9.17) is 0 Å². The molecular weight excluding hydrogens is 246 g/mol. The Kier molecular flexibility index (Phi) is 3.76. The zero-order chi connectivity index (χ0) is 13.2. The lowest BCUT2D eigenvalue weighted by Gasteiger charge is -2.17. The predicted octanol–water partition coefficient (Wildman–Crippen LogP) is 2.73. The van der Waals surface area contributed by atoms with Crippen LogP contribution in [0, 0.1) is 6.92 Å². The molecule has 1 heterocycles. The third-order valence-electron chi connectivity index (χ3n) is 3.28. The molecule has 0 bridgehead atoms. The fourth-order valence-corrected chi connectivity index (χ4v) is 3.41. The maximum atomic E-state index is 12.2. The van der Waals surface area contributed by atoms with Crippen molar-refractivity contribution in [1.82, 2.24) is 4.90 Å². The highest BCUT2D eigenvalue weighted by Crippen LogP contribution is 2.19. The summed E-state index contributed by atoms with van der Waals surface area (Å²) in [7, 11) is -3.32. The molecule has 0 radical (unpaired) electrons. The van der Waals surface area contributed by atoms with Gasteiger partial charge in [0.15, 0.2) is 0 Å². The highest BCUT2D eigenvalue weighted by molar-refractivity contribution is 7.94. The van der Waals surface area contributed by atoms with Crippen molar-refractivity contribution in [3.63, 3.8) is 0 Å². The minimum Gasteiger partial charge on any atom is -0.374 e. The maximum Gasteiger partial charge on any atom is 0.201 e. The van der Waals surface area contributed by atoms with Crippen LogP contribution in [-0.2, 0) is 9.84 Å². The first-order valence-electron chi connectivity index (χ1n) is 6.24. The summed E-state index contributed by atoms with van der Waals surface area (Å²) in [5, 5.41) is 1.39. The van der Waals surface area contributed by atoms with Crippen LogP contribution in [0.3, 0.4) is 0 Å². The lowest BCUT2D eigenvalue weighted by molar-refractivity contribution is 0.428. The average Bonchev–Trinajstić information content (AvgIpc) is 2.82. The fraction of sp³-hybridized carbons (Fsp3) is 0.429. The molecule has 1 aliphatic rings. The summed E-state index contributed by atoms with van der Waals surface area (Å²) in [6.07, 6.45) is 2.30. The van der Waals surface area contributed by atoms with Crippen LogP contribution in [0.25, 0.3) is 0 Å². The Hall–Kier alpha value is -1.29. The van der Waals surface area contributed by atoms with Crippen LogP contribution in [0.15, 0.2) is 40.3 Å². The van der Waals surface area contributed by atoms with Crippen LogP contribution in [0.4, 0.5) is 0 Å². The van der Waals surface area contributed by atoms with Gasteiger partial charge in [-0.2, -0.15) is 0 Å². The summed E-state index contributed by atoms with van der Waals surface area (Å²) in [6.45, 7) is 5.75. The number of hydrogen-bond donors (Lipinski definition) is 0. The van der Waals surface area contributed by atoms with Crippen LogP contribution in [0.1, 0.15) is 25.3 Å². The van der Waals surface area contributed by atoms with E-state index in [0.29, 0.717) is 4.90 Å². The molecule has 0 atom stereocenters. The van der Waals surface area contributed by atoms with E-state index in [1.807, 2.05) is 26.0 Å². The van der Waals surface area contributed by atoms with Crippen LogP contribution in [0.5, 0.6) is 0 Å². The van der Waals surface area contributed by atoms with Gasteiger partial charge < -0.3 is 4.90 Å². The largest absolute Gasteiger partial charge is 0.374 e. The van der Waals surface area contributed by atoms with Crippen molar-refractivity contribution in [2.45, 2.75) is 31.6 Å². The number of sulfone groups is 1. The van der Waals surface area contributed by atoms with Gasteiger partial charge in [-0.15, -0.1) is 0 Å². The van der Waals surface area contributed by atoms with Gasteiger partial charge in [-0.05, 0) is 38.8 Å². The molecule has 0 aromatic heterocycles. The van der Waals surface area contributed by atoms with Crippen LogP contribution in [-0.4, -0.2) is 26.4 Å². The zero-order valence-electron chi connectivity index (χ0n) is 10.9. The lowest BCUT2D eigenvalue weighted by Crippen LogP contribution is -2.17. The highest BCUT2D eigenvalue weighted by Gasteiger charge is 2.16. The number of nitrogens with zero attached hydrogens (tertiary/aromatic N) is 1. The number of allylic oxidation sites excluding steroid dienone is 1. The van der Waals surface area contributed by atoms with Gasteiger partial charge in [-0.25, -0.2) is 8.42 Å². The number of benzene rings is 1. The topological polar surface area (TPSA) is 37.4 Å². The van der Waals surface area contributed by atoms with Crippen molar-refractivity contribution in [2.75, 3.05) is 13.1 Å². The number of hydrogen-bond acceptors (Lipinski definition) is 3. The Morgan fingerprint density at radius 3 is 2.28 bits per heavy atom. The lowest BCUT2D eigenvalue weighted by atomic mass is 10.2. The SMILES string of the molecule is CC(=CS(=O)(=O)c1ccc(C)cc1)N1CCCC1. The Morgan fingerprint density at radius 1 is 1.17 bits per heavy atom. The number of likely N-dealkylation sites (tertiary alicyclic amines) is 1. The van der Waals surface area contributed by atoms with Crippen LogP contribution in [0.2, 0.25) is 0 Å². The van der Waals surface area contributed by atoms with Gasteiger partial charge in [-0.3, -0.25) is 0 Å². The quantitative estimate of drug-likeness (QED) is 0.843. The third-order valence-corrected chi connectivity index (χ3v) is 4.86. The first-order chi connectivity index (χ1) is 8.49. The van der Waals surface area contributed by atoms with Crippen molar-refractivity contribution < 1.29 is 8.42 Å². The van der Waals surface area contributed by atoms with E-state index in [-0.39, 0.29) is 0 Å². The van der Waals surface area contributed by atoms with Gasteiger partial charge in [0, 0.05) is 18.8 Å². The van der Waals surface area contributed by atoms with E-state index in [1.54, 1.807) is 12.1 Å². The van der Waals surface area contributed by atoms with Crippen molar-refractivity contribution in [3.8, 4) is 0 Å². The second kappa shape index (κ2) is 5.14. The molecule has 2 rings (SSSR count). The summed E-state index contributed by atoms with van der Waals surface area (Å²) < 4.78 is 24.4. The minimum absolute atomic E-state index is 0.367. The second-order valence-corrected chi connectivity index (χ2v) is 6.61. The minimum atomic E-state index is -3.32. The maximum absolute atomic E-state index is 12.2. The molecule has 0 amide bonds. The van der Waals surface area contributed by atoms with Gasteiger partial charge in [0.1, 0.15) is 0 Å². The normalized spacial score (nSPS) is 17.2. The molecule has 0 unspecified atom stereocenters. The number of rotatable bonds is 3. The molecule has 0 spiro atoms. The summed E-state index contributed by atoms with van der Waals surface area (Å²) in [5.41, 5.74) is 1.90. The molecule has 4 heteroatoms. The van der Waals surface area contributed by atoms with Crippen LogP contribution >= 0.6 is 0 Å². The molecular formula is C14H19NO2S. The molecule has 1 aromatic rings. The van der Waals surface area contributed by atoms with Gasteiger partial charge in [0.05, 0.1) is 10.3 Å². The predicted molar refractivity (Wildman–Crippen MR) is 72.9 cm³/mol. The smallest absolute Gasteiger partial charge is 0.201 e.